The Morgan fingerprint density at radius 2 is 2.10 bits per heavy atom. The van der Waals surface area contributed by atoms with Crippen LogP contribution in [0.5, 0.6) is 0 Å². The molecule has 1 aliphatic carbocycles. The lowest BCUT2D eigenvalue weighted by molar-refractivity contribution is -0.148. The van der Waals surface area contributed by atoms with E-state index in [4.69, 9.17) is 9.47 Å². The van der Waals surface area contributed by atoms with Gasteiger partial charge in [-0.15, -0.1) is 0 Å². The summed E-state index contributed by atoms with van der Waals surface area (Å²) < 4.78 is 10.8. The summed E-state index contributed by atoms with van der Waals surface area (Å²) in [6, 6.07) is 9.59. The second-order valence-corrected chi connectivity index (χ2v) is 5.34. The molecule has 3 rings (SSSR count). The Morgan fingerprint density at radius 1 is 1.35 bits per heavy atom. The minimum absolute atomic E-state index is 0.132. The quantitative estimate of drug-likeness (QED) is 0.843. The third-order valence-corrected chi connectivity index (χ3v) is 4.17. The van der Waals surface area contributed by atoms with E-state index >= 15 is 0 Å². The number of ether oxygens (including phenoxy) is 2. The van der Waals surface area contributed by atoms with Crippen molar-refractivity contribution in [2.75, 3.05) is 6.61 Å². The molecule has 1 aromatic rings. The van der Waals surface area contributed by atoms with Crippen LogP contribution in [0.3, 0.4) is 0 Å². The van der Waals surface area contributed by atoms with E-state index in [1.807, 2.05) is 30.3 Å². The molecule has 1 aromatic carbocycles. The first kappa shape index (κ1) is 13.1. The van der Waals surface area contributed by atoms with Gasteiger partial charge in [-0.3, -0.25) is 9.59 Å². The van der Waals surface area contributed by atoms with Crippen molar-refractivity contribution in [1.29, 1.82) is 0 Å². The predicted octanol–water partition coefficient (Wildman–Crippen LogP) is 1.47. The van der Waals surface area contributed by atoms with Crippen LogP contribution < -0.4 is 0 Å². The molecule has 2 aliphatic rings. The number of carbonyl (C=O) groups excluding carboxylic acids is 1. The van der Waals surface area contributed by atoms with Gasteiger partial charge in [0.25, 0.3) is 0 Å². The first-order valence-corrected chi connectivity index (χ1v) is 6.72. The number of fused-ring (bicyclic) bond motifs is 1. The van der Waals surface area contributed by atoms with Crippen molar-refractivity contribution in [3.8, 4) is 0 Å². The molecular formula is C15H16O5. The summed E-state index contributed by atoms with van der Waals surface area (Å²) in [5, 5.41) is 9.29. The number of hydrogen-bond acceptors (Lipinski definition) is 4. The zero-order chi connectivity index (χ0) is 14.1. The van der Waals surface area contributed by atoms with Crippen molar-refractivity contribution in [2.45, 2.75) is 19.1 Å². The smallest absolute Gasteiger partial charge is 0.309 e. The topological polar surface area (TPSA) is 72.8 Å². The molecule has 1 heterocycles. The molecule has 0 radical (unpaired) electrons. The average Bonchev–Trinajstić information content (AvgIpc) is 2.98. The van der Waals surface area contributed by atoms with E-state index in [-0.39, 0.29) is 24.4 Å². The molecule has 1 N–H and O–H groups in total. The SMILES string of the molecule is O=C(O)[C@H]1C[C@H]2C(=O)OC[C@H]2[C@H]1OCc1ccccc1. The Hall–Kier alpha value is -1.88. The first-order valence-electron chi connectivity index (χ1n) is 6.72. The monoisotopic (exact) mass is 276 g/mol. The number of cyclic esters (lactones) is 1. The number of hydrogen-bond donors (Lipinski definition) is 1. The molecule has 2 fully saturated rings. The van der Waals surface area contributed by atoms with Gasteiger partial charge in [0.2, 0.25) is 0 Å². The molecule has 20 heavy (non-hydrogen) atoms. The molecule has 0 bridgehead atoms. The molecule has 5 heteroatoms. The highest BCUT2D eigenvalue weighted by Gasteiger charge is 2.54. The number of carboxylic acids is 1. The number of rotatable bonds is 4. The van der Waals surface area contributed by atoms with Gasteiger partial charge < -0.3 is 14.6 Å². The van der Waals surface area contributed by atoms with Gasteiger partial charge in [0, 0.05) is 5.92 Å². The highest BCUT2D eigenvalue weighted by Crippen LogP contribution is 2.43. The highest BCUT2D eigenvalue weighted by molar-refractivity contribution is 5.79. The Morgan fingerprint density at radius 3 is 2.80 bits per heavy atom. The van der Waals surface area contributed by atoms with Crippen molar-refractivity contribution >= 4 is 11.9 Å². The molecule has 0 aromatic heterocycles. The number of esters is 1. The van der Waals surface area contributed by atoms with Crippen LogP contribution in [-0.4, -0.2) is 29.8 Å². The number of aliphatic carboxylic acids is 1. The number of carbonyl (C=O) groups is 2. The van der Waals surface area contributed by atoms with Crippen LogP contribution in [0.15, 0.2) is 30.3 Å². The predicted molar refractivity (Wildman–Crippen MR) is 68.7 cm³/mol. The third kappa shape index (κ3) is 2.29. The van der Waals surface area contributed by atoms with Crippen molar-refractivity contribution in [3.63, 3.8) is 0 Å². The molecule has 106 valence electrons. The zero-order valence-electron chi connectivity index (χ0n) is 10.9. The molecule has 1 saturated heterocycles. The van der Waals surface area contributed by atoms with E-state index in [1.165, 1.54) is 0 Å². The van der Waals surface area contributed by atoms with Crippen molar-refractivity contribution < 1.29 is 24.2 Å². The van der Waals surface area contributed by atoms with Crippen molar-refractivity contribution in [3.05, 3.63) is 35.9 Å². The van der Waals surface area contributed by atoms with Crippen molar-refractivity contribution in [2.24, 2.45) is 17.8 Å². The van der Waals surface area contributed by atoms with E-state index in [0.717, 1.165) is 5.56 Å². The Kier molecular flexibility index (Phi) is 3.44. The lowest BCUT2D eigenvalue weighted by atomic mass is 9.98. The van der Waals surface area contributed by atoms with Gasteiger partial charge in [0.1, 0.15) is 0 Å². The summed E-state index contributed by atoms with van der Waals surface area (Å²) in [4.78, 5) is 22.9. The third-order valence-electron chi connectivity index (χ3n) is 4.17. The van der Waals surface area contributed by atoms with Gasteiger partial charge in [-0.25, -0.2) is 0 Å². The molecule has 1 aliphatic heterocycles. The molecule has 4 atom stereocenters. The van der Waals surface area contributed by atoms with Gasteiger partial charge >= 0.3 is 11.9 Å². The first-order chi connectivity index (χ1) is 9.66. The van der Waals surface area contributed by atoms with Crippen molar-refractivity contribution in [1.82, 2.24) is 0 Å². The van der Waals surface area contributed by atoms with Gasteiger partial charge in [0.15, 0.2) is 0 Å². The lowest BCUT2D eigenvalue weighted by Gasteiger charge is -2.21. The summed E-state index contributed by atoms with van der Waals surface area (Å²) in [5.41, 5.74) is 0.991. The van der Waals surface area contributed by atoms with Gasteiger partial charge in [-0.1, -0.05) is 30.3 Å². The average molecular weight is 276 g/mol. The van der Waals surface area contributed by atoms with Crippen LogP contribution in [0, 0.1) is 17.8 Å². The van der Waals surface area contributed by atoms with Gasteiger partial charge in [-0.05, 0) is 12.0 Å². The molecule has 5 nitrogen and oxygen atoms in total. The highest BCUT2D eigenvalue weighted by atomic mass is 16.5. The maximum Gasteiger partial charge on any atom is 0.309 e. The lowest BCUT2D eigenvalue weighted by Crippen LogP contribution is -2.31. The van der Waals surface area contributed by atoms with Gasteiger partial charge in [-0.2, -0.15) is 0 Å². The fourth-order valence-corrected chi connectivity index (χ4v) is 3.13. The molecule has 0 unspecified atom stereocenters. The Balaban J connectivity index is 1.72. The van der Waals surface area contributed by atoms with Crippen LogP contribution in [0.2, 0.25) is 0 Å². The Bertz CT molecular complexity index is 512. The minimum Gasteiger partial charge on any atom is -0.481 e. The fourth-order valence-electron chi connectivity index (χ4n) is 3.13. The van der Waals surface area contributed by atoms with E-state index in [0.29, 0.717) is 13.0 Å². The van der Waals surface area contributed by atoms with E-state index in [1.54, 1.807) is 0 Å². The standard InChI is InChI=1S/C15H16O5/c16-14(17)11-6-10-12(8-20-15(10)18)13(11)19-7-9-4-2-1-3-5-9/h1-5,10-13H,6-8H2,(H,16,17)/t10-,11+,12-,13+/m1/s1. The maximum atomic E-state index is 11.6. The van der Waals surface area contributed by atoms with Crippen LogP contribution in [0.4, 0.5) is 0 Å². The van der Waals surface area contributed by atoms with Crippen LogP contribution in [0.25, 0.3) is 0 Å². The minimum atomic E-state index is -0.898. The summed E-state index contributed by atoms with van der Waals surface area (Å²) in [6.45, 7) is 0.624. The molecule has 0 amide bonds. The number of benzene rings is 1. The second-order valence-electron chi connectivity index (χ2n) is 5.34. The van der Waals surface area contributed by atoms with E-state index in [9.17, 15) is 14.7 Å². The zero-order valence-corrected chi connectivity index (χ0v) is 10.9. The second kappa shape index (κ2) is 5.25. The summed E-state index contributed by atoms with van der Waals surface area (Å²) >= 11 is 0. The van der Waals surface area contributed by atoms with Crippen LogP contribution in [0.1, 0.15) is 12.0 Å². The Labute approximate surface area is 116 Å². The fraction of sp³-hybridized carbons (Fsp3) is 0.467. The molecule has 1 saturated carbocycles. The molecule has 0 spiro atoms. The summed E-state index contributed by atoms with van der Waals surface area (Å²) in [7, 11) is 0. The molecular weight excluding hydrogens is 260 g/mol. The van der Waals surface area contributed by atoms with Gasteiger partial charge in [0.05, 0.1) is 31.2 Å². The maximum absolute atomic E-state index is 11.6. The normalized spacial score (nSPS) is 31.9. The summed E-state index contributed by atoms with van der Waals surface area (Å²) in [5.74, 6) is -2.26. The van der Waals surface area contributed by atoms with Crippen LogP contribution >= 0.6 is 0 Å². The van der Waals surface area contributed by atoms with E-state index in [2.05, 4.69) is 0 Å². The number of carboxylic acid groups (broad SMARTS) is 1. The van der Waals surface area contributed by atoms with E-state index < -0.39 is 18.0 Å². The largest absolute Gasteiger partial charge is 0.481 e. The van der Waals surface area contributed by atoms with Crippen LogP contribution in [-0.2, 0) is 25.7 Å². The summed E-state index contributed by atoms with van der Waals surface area (Å²) in [6.07, 6.45) is -0.137.